The van der Waals surface area contributed by atoms with Crippen molar-refractivity contribution in [1.29, 1.82) is 0 Å². The van der Waals surface area contributed by atoms with Gasteiger partial charge < -0.3 is 0 Å². The molecule has 100 valence electrons. The van der Waals surface area contributed by atoms with Crippen LogP contribution < -0.4 is 0 Å². The lowest BCUT2D eigenvalue weighted by atomic mass is 9.80. The highest BCUT2D eigenvalue weighted by Gasteiger charge is 2.31. The van der Waals surface area contributed by atoms with Crippen LogP contribution in [0.5, 0.6) is 0 Å². The van der Waals surface area contributed by atoms with E-state index in [4.69, 9.17) is 0 Å². The Bertz CT molecular complexity index is 425. The number of hydrogen-bond donors (Lipinski definition) is 0. The summed E-state index contributed by atoms with van der Waals surface area (Å²) in [5, 5.41) is 0. The molecule has 1 heterocycles. The minimum Gasteiger partial charge on any atom is -0.299 e. The van der Waals surface area contributed by atoms with E-state index in [9.17, 15) is 4.39 Å². The first-order valence-electron chi connectivity index (χ1n) is 6.52. The van der Waals surface area contributed by atoms with Crippen LogP contribution in [0, 0.1) is 17.2 Å². The lowest BCUT2D eigenvalue weighted by Crippen LogP contribution is -2.25. The van der Waals surface area contributed by atoms with Crippen LogP contribution in [-0.2, 0) is 6.54 Å². The van der Waals surface area contributed by atoms with Crippen molar-refractivity contribution >= 4 is 15.9 Å². The Balaban J connectivity index is 1.99. The molecule has 0 aliphatic carbocycles. The van der Waals surface area contributed by atoms with Gasteiger partial charge in [0.1, 0.15) is 5.82 Å². The zero-order valence-corrected chi connectivity index (χ0v) is 12.9. The largest absolute Gasteiger partial charge is 0.299 e. The highest BCUT2D eigenvalue weighted by molar-refractivity contribution is 9.10. The third kappa shape index (κ3) is 3.33. The Labute approximate surface area is 118 Å². The summed E-state index contributed by atoms with van der Waals surface area (Å²) in [5.74, 6) is 0.580. The molecule has 0 saturated carbocycles. The van der Waals surface area contributed by atoms with Gasteiger partial charge in [-0.3, -0.25) is 4.90 Å². The molecule has 1 atom stereocenters. The molecule has 0 N–H and O–H groups in total. The zero-order valence-electron chi connectivity index (χ0n) is 11.3. The van der Waals surface area contributed by atoms with Gasteiger partial charge in [0.2, 0.25) is 0 Å². The molecule has 0 spiro atoms. The standard InChI is InChI=1S/C15H21BrFN/c1-15(2,3)12-6-7-18(10-12)9-11-4-5-13(17)8-14(11)16/h4-5,8,12H,6-7,9-10H2,1-3H3. The van der Waals surface area contributed by atoms with Crippen molar-refractivity contribution in [2.75, 3.05) is 13.1 Å². The van der Waals surface area contributed by atoms with Gasteiger partial charge in [0.05, 0.1) is 0 Å². The molecule has 3 heteroatoms. The van der Waals surface area contributed by atoms with Crippen molar-refractivity contribution in [3.05, 3.63) is 34.1 Å². The average Bonchev–Trinajstić information content (AvgIpc) is 2.70. The normalized spacial score (nSPS) is 21.5. The lowest BCUT2D eigenvalue weighted by molar-refractivity contribution is 0.226. The molecule has 1 nitrogen and oxygen atoms in total. The Morgan fingerprint density at radius 2 is 2.11 bits per heavy atom. The van der Waals surface area contributed by atoms with E-state index in [1.54, 1.807) is 6.07 Å². The van der Waals surface area contributed by atoms with Gasteiger partial charge in [-0.15, -0.1) is 0 Å². The molecule has 1 saturated heterocycles. The topological polar surface area (TPSA) is 3.24 Å². The summed E-state index contributed by atoms with van der Waals surface area (Å²) < 4.78 is 13.9. The minimum atomic E-state index is -0.181. The van der Waals surface area contributed by atoms with Gasteiger partial charge in [-0.1, -0.05) is 42.8 Å². The van der Waals surface area contributed by atoms with E-state index in [2.05, 4.69) is 41.6 Å². The maximum atomic E-state index is 13.0. The third-order valence-corrected chi connectivity index (χ3v) is 4.64. The molecule has 18 heavy (non-hydrogen) atoms. The van der Waals surface area contributed by atoms with Crippen LogP contribution in [0.1, 0.15) is 32.8 Å². The van der Waals surface area contributed by atoms with Crippen molar-refractivity contribution in [2.24, 2.45) is 11.3 Å². The molecule has 0 radical (unpaired) electrons. The summed E-state index contributed by atoms with van der Waals surface area (Å²) in [6.07, 6.45) is 1.27. The van der Waals surface area contributed by atoms with E-state index in [0.717, 1.165) is 30.0 Å². The van der Waals surface area contributed by atoms with Crippen LogP contribution >= 0.6 is 15.9 Å². The molecule has 1 aromatic rings. The second-order valence-electron chi connectivity index (χ2n) is 6.32. The number of rotatable bonds is 2. The number of likely N-dealkylation sites (tertiary alicyclic amines) is 1. The zero-order chi connectivity index (χ0) is 13.3. The third-order valence-electron chi connectivity index (χ3n) is 3.91. The van der Waals surface area contributed by atoms with E-state index < -0.39 is 0 Å². The SMILES string of the molecule is CC(C)(C)C1CCN(Cc2ccc(F)cc2Br)C1. The summed E-state index contributed by atoms with van der Waals surface area (Å²) >= 11 is 3.44. The summed E-state index contributed by atoms with van der Waals surface area (Å²) in [5.41, 5.74) is 1.56. The molecule has 2 rings (SSSR count). The van der Waals surface area contributed by atoms with Crippen molar-refractivity contribution < 1.29 is 4.39 Å². The van der Waals surface area contributed by atoms with Crippen LogP contribution in [0.15, 0.2) is 22.7 Å². The summed E-state index contributed by atoms with van der Waals surface area (Å²) in [6, 6.07) is 4.97. The van der Waals surface area contributed by atoms with Crippen LogP contribution in [0.4, 0.5) is 4.39 Å². The van der Waals surface area contributed by atoms with E-state index >= 15 is 0 Å². The first-order chi connectivity index (χ1) is 8.36. The summed E-state index contributed by atoms with van der Waals surface area (Å²) in [4.78, 5) is 2.47. The van der Waals surface area contributed by atoms with Gasteiger partial charge in [0.15, 0.2) is 0 Å². The van der Waals surface area contributed by atoms with Crippen molar-refractivity contribution in [3.8, 4) is 0 Å². The molecule has 1 aliphatic rings. The fourth-order valence-corrected chi connectivity index (χ4v) is 3.05. The predicted molar refractivity (Wildman–Crippen MR) is 76.9 cm³/mol. The quantitative estimate of drug-likeness (QED) is 0.779. The second kappa shape index (κ2) is 5.30. The smallest absolute Gasteiger partial charge is 0.124 e. The first kappa shape index (κ1) is 14.0. The minimum absolute atomic E-state index is 0.181. The maximum Gasteiger partial charge on any atom is 0.124 e. The number of benzene rings is 1. The van der Waals surface area contributed by atoms with Gasteiger partial charge in [0, 0.05) is 17.6 Å². The first-order valence-corrected chi connectivity index (χ1v) is 7.32. The lowest BCUT2D eigenvalue weighted by Gasteiger charge is -2.27. The molecule has 1 fully saturated rings. The van der Waals surface area contributed by atoms with Crippen molar-refractivity contribution in [1.82, 2.24) is 4.90 Å². The van der Waals surface area contributed by atoms with E-state index in [0.29, 0.717) is 5.41 Å². The van der Waals surface area contributed by atoms with Crippen LogP contribution in [0.2, 0.25) is 0 Å². The number of nitrogens with zero attached hydrogens (tertiary/aromatic N) is 1. The predicted octanol–water partition coefficient (Wildman–Crippen LogP) is 4.46. The second-order valence-corrected chi connectivity index (χ2v) is 7.18. The van der Waals surface area contributed by atoms with Crippen LogP contribution in [0.25, 0.3) is 0 Å². The molecular formula is C15H21BrFN. The van der Waals surface area contributed by atoms with Crippen molar-refractivity contribution in [2.45, 2.75) is 33.7 Å². The van der Waals surface area contributed by atoms with Gasteiger partial charge in [-0.2, -0.15) is 0 Å². The van der Waals surface area contributed by atoms with E-state index in [1.165, 1.54) is 18.1 Å². The Morgan fingerprint density at radius 3 is 2.67 bits per heavy atom. The fourth-order valence-electron chi connectivity index (χ4n) is 2.57. The van der Waals surface area contributed by atoms with Gasteiger partial charge in [-0.25, -0.2) is 4.39 Å². The Kier molecular flexibility index (Phi) is 4.12. The highest BCUT2D eigenvalue weighted by Crippen LogP contribution is 2.34. The Morgan fingerprint density at radius 1 is 1.39 bits per heavy atom. The van der Waals surface area contributed by atoms with Crippen molar-refractivity contribution in [3.63, 3.8) is 0 Å². The highest BCUT2D eigenvalue weighted by atomic mass is 79.9. The van der Waals surface area contributed by atoms with Crippen LogP contribution in [0.3, 0.4) is 0 Å². The molecule has 0 aromatic heterocycles. The number of halogens is 2. The molecule has 1 aliphatic heterocycles. The molecule has 0 amide bonds. The summed E-state index contributed by atoms with van der Waals surface area (Å²) in [6.45, 7) is 10.1. The summed E-state index contributed by atoms with van der Waals surface area (Å²) in [7, 11) is 0. The Hall–Kier alpha value is -0.410. The molecule has 1 unspecified atom stereocenters. The van der Waals surface area contributed by atoms with Gasteiger partial charge >= 0.3 is 0 Å². The van der Waals surface area contributed by atoms with E-state index in [-0.39, 0.29) is 5.82 Å². The fraction of sp³-hybridized carbons (Fsp3) is 0.600. The molecule has 1 aromatic carbocycles. The van der Waals surface area contributed by atoms with E-state index in [1.807, 2.05) is 6.07 Å². The average molecular weight is 314 g/mol. The molecular weight excluding hydrogens is 293 g/mol. The van der Waals surface area contributed by atoms with Gasteiger partial charge in [0.25, 0.3) is 0 Å². The van der Waals surface area contributed by atoms with Crippen LogP contribution in [-0.4, -0.2) is 18.0 Å². The maximum absolute atomic E-state index is 13.0. The van der Waals surface area contributed by atoms with Gasteiger partial charge in [-0.05, 0) is 42.0 Å². The molecule has 0 bridgehead atoms. The monoisotopic (exact) mass is 313 g/mol. The number of hydrogen-bond acceptors (Lipinski definition) is 1.